The fraction of sp³-hybridized carbons (Fsp3) is 0.231. The maximum absolute atomic E-state index is 11.7. The van der Waals surface area contributed by atoms with Crippen molar-refractivity contribution in [3.8, 4) is 0 Å². The number of benzene rings is 1. The monoisotopic (exact) mass is 323 g/mol. The van der Waals surface area contributed by atoms with Gasteiger partial charge in [-0.15, -0.1) is 0 Å². The Bertz CT molecular complexity index is 569. The lowest BCUT2D eigenvalue weighted by atomic mass is 10.3. The highest BCUT2D eigenvalue weighted by molar-refractivity contribution is 9.10. The molecule has 19 heavy (non-hydrogen) atoms. The van der Waals surface area contributed by atoms with Crippen molar-refractivity contribution in [1.29, 1.82) is 0 Å². The van der Waals surface area contributed by atoms with Crippen LogP contribution >= 0.6 is 15.9 Å². The number of para-hydroxylation sites is 1. The first kappa shape index (κ1) is 13.8. The molecule has 1 aromatic heterocycles. The number of aryl methyl sites for hydroxylation is 1. The highest BCUT2D eigenvalue weighted by Crippen LogP contribution is 2.20. The fourth-order valence-electron chi connectivity index (χ4n) is 1.56. The van der Waals surface area contributed by atoms with E-state index in [1.165, 1.54) is 0 Å². The van der Waals surface area contributed by atoms with Gasteiger partial charge in [-0.1, -0.05) is 17.3 Å². The molecule has 1 heterocycles. The van der Waals surface area contributed by atoms with Crippen LogP contribution in [0.25, 0.3) is 0 Å². The second-order valence-electron chi connectivity index (χ2n) is 4.07. The lowest BCUT2D eigenvalue weighted by molar-refractivity contribution is -0.115. The molecule has 5 nitrogen and oxygen atoms in total. The molecule has 1 amide bonds. The third-order valence-electron chi connectivity index (χ3n) is 2.41. The number of carbonyl (C=O) groups excluding carboxylic acids is 1. The minimum absolute atomic E-state index is 0.108. The number of hydrogen-bond donors (Lipinski definition) is 2. The first-order chi connectivity index (χ1) is 9.15. The number of hydrogen-bond acceptors (Lipinski definition) is 4. The number of anilines is 1. The Morgan fingerprint density at radius 2 is 2.21 bits per heavy atom. The van der Waals surface area contributed by atoms with Gasteiger partial charge in [0.25, 0.3) is 0 Å². The van der Waals surface area contributed by atoms with E-state index in [0.29, 0.717) is 12.3 Å². The van der Waals surface area contributed by atoms with E-state index in [2.05, 4.69) is 31.7 Å². The van der Waals surface area contributed by atoms with Gasteiger partial charge in [0.2, 0.25) is 5.91 Å². The second kappa shape index (κ2) is 6.49. The lowest BCUT2D eigenvalue weighted by Crippen LogP contribution is -2.27. The van der Waals surface area contributed by atoms with Crippen LogP contribution in [0.3, 0.4) is 0 Å². The molecule has 0 aliphatic rings. The largest absolute Gasteiger partial charge is 0.360 e. The molecule has 0 bridgehead atoms. The number of aromatic nitrogens is 1. The average molecular weight is 324 g/mol. The zero-order valence-corrected chi connectivity index (χ0v) is 12.0. The predicted molar refractivity (Wildman–Crippen MR) is 75.7 cm³/mol. The van der Waals surface area contributed by atoms with Crippen LogP contribution in [0.15, 0.2) is 39.3 Å². The Morgan fingerprint density at radius 1 is 1.42 bits per heavy atom. The number of rotatable bonds is 5. The standard InChI is InChI=1S/C13H14BrN3O2/c1-9-6-10(19-17-9)7-15-8-13(18)16-12-5-3-2-4-11(12)14/h2-6,15H,7-8H2,1H3,(H,16,18). The van der Waals surface area contributed by atoms with Crippen molar-refractivity contribution in [2.75, 3.05) is 11.9 Å². The summed E-state index contributed by atoms with van der Waals surface area (Å²) in [6, 6.07) is 9.30. The van der Waals surface area contributed by atoms with Gasteiger partial charge in [0.15, 0.2) is 5.76 Å². The van der Waals surface area contributed by atoms with Crippen molar-refractivity contribution in [1.82, 2.24) is 10.5 Å². The highest BCUT2D eigenvalue weighted by atomic mass is 79.9. The Kier molecular flexibility index (Phi) is 4.70. The SMILES string of the molecule is Cc1cc(CNCC(=O)Nc2ccccc2Br)on1. The quantitative estimate of drug-likeness (QED) is 0.887. The van der Waals surface area contributed by atoms with Crippen LogP contribution in [0.1, 0.15) is 11.5 Å². The zero-order chi connectivity index (χ0) is 13.7. The molecule has 0 radical (unpaired) electrons. The number of amides is 1. The van der Waals surface area contributed by atoms with E-state index < -0.39 is 0 Å². The van der Waals surface area contributed by atoms with Gasteiger partial charge in [-0.2, -0.15) is 0 Å². The summed E-state index contributed by atoms with van der Waals surface area (Å²) in [5, 5.41) is 9.57. The molecular weight excluding hydrogens is 310 g/mol. The number of halogens is 1. The summed E-state index contributed by atoms with van der Waals surface area (Å²) in [7, 11) is 0. The summed E-state index contributed by atoms with van der Waals surface area (Å²) in [6.07, 6.45) is 0. The van der Waals surface area contributed by atoms with Crippen molar-refractivity contribution < 1.29 is 9.32 Å². The molecule has 0 aliphatic heterocycles. The fourth-order valence-corrected chi connectivity index (χ4v) is 1.94. The van der Waals surface area contributed by atoms with Gasteiger partial charge in [0, 0.05) is 10.5 Å². The van der Waals surface area contributed by atoms with Crippen molar-refractivity contribution in [2.45, 2.75) is 13.5 Å². The second-order valence-corrected chi connectivity index (χ2v) is 4.92. The Balaban J connectivity index is 1.77. The van der Waals surface area contributed by atoms with E-state index in [1.54, 1.807) is 0 Å². The topological polar surface area (TPSA) is 67.2 Å². The van der Waals surface area contributed by atoms with Gasteiger partial charge < -0.3 is 15.2 Å². The molecule has 0 atom stereocenters. The Labute approximate surface area is 119 Å². The van der Waals surface area contributed by atoms with E-state index in [1.807, 2.05) is 37.3 Å². The van der Waals surface area contributed by atoms with Crippen molar-refractivity contribution in [3.63, 3.8) is 0 Å². The smallest absolute Gasteiger partial charge is 0.238 e. The van der Waals surface area contributed by atoms with Crippen molar-refractivity contribution in [3.05, 3.63) is 46.3 Å². The predicted octanol–water partition coefficient (Wildman–Crippen LogP) is 2.47. The van der Waals surface area contributed by atoms with E-state index >= 15 is 0 Å². The van der Waals surface area contributed by atoms with Crippen molar-refractivity contribution >= 4 is 27.5 Å². The molecule has 2 aromatic rings. The van der Waals surface area contributed by atoms with Crippen LogP contribution in [0, 0.1) is 6.92 Å². The number of carbonyl (C=O) groups is 1. The van der Waals surface area contributed by atoms with Crippen LogP contribution in [-0.2, 0) is 11.3 Å². The van der Waals surface area contributed by atoms with E-state index in [0.717, 1.165) is 15.9 Å². The Hall–Kier alpha value is -1.66. The minimum Gasteiger partial charge on any atom is -0.360 e. The molecule has 100 valence electrons. The normalized spacial score (nSPS) is 10.4. The maximum atomic E-state index is 11.7. The summed E-state index contributed by atoms with van der Waals surface area (Å²) >= 11 is 3.37. The molecule has 0 unspecified atom stereocenters. The van der Waals surface area contributed by atoms with Gasteiger partial charge in [-0.25, -0.2) is 0 Å². The molecule has 2 rings (SSSR count). The molecule has 0 fully saturated rings. The van der Waals surface area contributed by atoms with Gasteiger partial charge in [0.1, 0.15) is 0 Å². The molecule has 0 spiro atoms. The lowest BCUT2D eigenvalue weighted by Gasteiger charge is -2.07. The minimum atomic E-state index is -0.108. The third-order valence-corrected chi connectivity index (χ3v) is 3.10. The van der Waals surface area contributed by atoms with Gasteiger partial charge in [-0.3, -0.25) is 4.79 Å². The van der Waals surface area contributed by atoms with Gasteiger partial charge in [0.05, 0.1) is 24.5 Å². The van der Waals surface area contributed by atoms with Crippen LogP contribution in [0.5, 0.6) is 0 Å². The number of nitrogens with zero attached hydrogens (tertiary/aromatic N) is 1. The van der Waals surface area contributed by atoms with Crippen LogP contribution < -0.4 is 10.6 Å². The summed E-state index contributed by atoms with van der Waals surface area (Å²) in [5.74, 6) is 0.606. The molecule has 6 heteroatoms. The molecule has 1 aromatic carbocycles. The zero-order valence-electron chi connectivity index (χ0n) is 10.4. The molecule has 0 saturated carbocycles. The summed E-state index contributed by atoms with van der Waals surface area (Å²) in [5.41, 5.74) is 1.58. The van der Waals surface area contributed by atoms with Crippen LogP contribution in [-0.4, -0.2) is 17.6 Å². The first-order valence-corrected chi connectivity index (χ1v) is 6.62. The van der Waals surface area contributed by atoms with E-state index in [4.69, 9.17) is 4.52 Å². The van der Waals surface area contributed by atoms with Gasteiger partial charge >= 0.3 is 0 Å². The molecule has 0 aliphatic carbocycles. The van der Waals surface area contributed by atoms with Crippen molar-refractivity contribution in [2.24, 2.45) is 0 Å². The third kappa shape index (κ3) is 4.18. The summed E-state index contributed by atoms with van der Waals surface area (Å²) in [4.78, 5) is 11.7. The Morgan fingerprint density at radius 3 is 2.89 bits per heavy atom. The van der Waals surface area contributed by atoms with Crippen LogP contribution in [0.4, 0.5) is 5.69 Å². The summed E-state index contributed by atoms with van der Waals surface area (Å²) < 4.78 is 5.89. The molecular formula is C13H14BrN3O2. The molecule has 2 N–H and O–H groups in total. The number of nitrogens with one attached hydrogen (secondary N) is 2. The molecule has 0 saturated heterocycles. The highest BCUT2D eigenvalue weighted by Gasteiger charge is 2.05. The average Bonchev–Trinajstić information content (AvgIpc) is 2.78. The van der Waals surface area contributed by atoms with E-state index in [-0.39, 0.29) is 12.5 Å². The summed E-state index contributed by atoms with van der Waals surface area (Å²) in [6.45, 7) is 2.54. The van der Waals surface area contributed by atoms with Crippen LogP contribution in [0.2, 0.25) is 0 Å². The van der Waals surface area contributed by atoms with Gasteiger partial charge in [-0.05, 0) is 35.0 Å². The first-order valence-electron chi connectivity index (χ1n) is 5.82. The van der Waals surface area contributed by atoms with E-state index in [9.17, 15) is 4.79 Å². The maximum Gasteiger partial charge on any atom is 0.238 e.